The highest BCUT2D eigenvalue weighted by atomic mass is 32.1. The molecule has 0 radical (unpaired) electrons. The van der Waals surface area contributed by atoms with Gasteiger partial charge >= 0.3 is 0 Å². The molecule has 1 saturated carbocycles. The number of aromatic nitrogens is 2. The summed E-state index contributed by atoms with van der Waals surface area (Å²) in [7, 11) is 2.13. The molecule has 0 bridgehead atoms. The summed E-state index contributed by atoms with van der Waals surface area (Å²) in [6.07, 6.45) is 5.52. The van der Waals surface area contributed by atoms with Crippen molar-refractivity contribution in [3.8, 4) is 0 Å². The second-order valence-electron chi connectivity index (χ2n) is 6.06. The molecule has 1 aliphatic carbocycles. The average Bonchev–Trinajstić information content (AvgIpc) is 2.85. The van der Waals surface area contributed by atoms with E-state index in [1.54, 1.807) is 0 Å². The molecule has 1 aliphatic rings. The Hall–Kier alpha value is -0.680. The molecule has 1 N–H and O–H groups in total. The van der Waals surface area contributed by atoms with Crippen LogP contribution in [-0.2, 0) is 6.42 Å². The van der Waals surface area contributed by atoms with Crippen LogP contribution in [0, 0.1) is 11.8 Å². The maximum Gasteiger partial charge on any atom is 0.205 e. The minimum absolute atomic E-state index is 0.341. The molecule has 0 aromatic carbocycles. The van der Waals surface area contributed by atoms with Crippen LogP contribution in [-0.4, -0.2) is 34.2 Å². The highest BCUT2D eigenvalue weighted by Gasteiger charge is 2.25. The van der Waals surface area contributed by atoms with Gasteiger partial charge in [0.25, 0.3) is 0 Å². The van der Waals surface area contributed by atoms with Gasteiger partial charge in [0.1, 0.15) is 5.82 Å². The Kier molecular flexibility index (Phi) is 5.16. The van der Waals surface area contributed by atoms with E-state index in [2.05, 4.69) is 35.2 Å². The van der Waals surface area contributed by atoms with Gasteiger partial charge in [-0.1, -0.05) is 13.8 Å². The van der Waals surface area contributed by atoms with E-state index in [1.165, 1.54) is 11.5 Å². The van der Waals surface area contributed by atoms with E-state index >= 15 is 0 Å². The summed E-state index contributed by atoms with van der Waals surface area (Å²) in [6.45, 7) is 4.73. The van der Waals surface area contributed by atoms with Gasteiger partial charge in [-0.05, 0) is 37.5 Å². The fraction of sp³-hybridized carbons (Fsp3) is 0.857. The van der Waals surface area contributed by atoms with E-state index in [1.807, 2.05) is 0 Å². The molecule has 0 saturated heterocycles. The molecular formula is C14H25N3OS. The summed E-state index contributed by atoms with van der Waals surface area (Å²) in [5.74, 6) is 2.09. The van der Waals surface area contributed by atoms with Gasteiger partial charge < -0.3 is 10.0 Å². The van der Waals surface area contributed by atoms with Crippen LogP contribution >= 0.6 is 11.5 Å². The minimum atomic E-state index is 0.341. The lowest BCUT2D eigenvalue weighted by molar-refractivity contribution is 0.182. The van der Waals surface area contributed by atoms with Gasteiger partial charge in [0.05, 0.1) is 0 Å². The Morgan fingerprint density at radius 2 is 2.00 bits per heavy atom. The summed E-state index contributed by atoms with van der Waals surface area (Å²) >= 11 is 1.52. The smallest absolute Gasteiger partial charge is 0.205 e. The van der Waals surface area contributed by atoms with Gasteiger partial charge in [-0.3, -0.25) is 0 Å². The van der Waals surface area contributed by atoms with Crippen LogP contribution in [0.2, 0.25) is 0 Å². The molecule has 19 heavy (non-hydrogen) atoms. The van der Waals surface area contributed by atoms with E-state index in [-0.39, 0.29) is 0 Å². The quantitative estimate of drug-likeness (QED) is 0.902. The van der Waals surface area contributed by atoms with Crippen molar-refractivity contribution >= 4 is 16.7 Å². The molecule has 4 nitrogen and oxygen atoms in total. The van der Waals surface area contributed by atoms with Gasteiger partial charge in [0, 0.05) is 37.6 Å². The third-order valence-electron chi connectivity index (χ3n) is 3.97. The number of hydrogen-bond acceptors (Lipinski definition) is 5. The van der Waals surface area contributed by atoms with E-state index in [4.69, 9.17) is 0 Å². The van der Waals surface area contributed by atoms with Crippen LogP contribution in [0.5, 0.6) is 0 Å². The van der Waals surface area contributed by atoms with Crippen molar-refractivity contribution in [3.05, 3.63) is 5.82 Å². The molecule has 5 heteroatoms. The zero-order chi connectivity index (χ0) is 13.8. The van der Waals surface area contributed by atoms with Crippen LogP contribution in [0.25, 0.3) is 0 Å². The first-order valence-corrected chi connectivity index (χ1v) is 8.03. The van der Waals surface area contributed by atoms with Gasteiger partial charge in [0.2, 0.25) is 5.13 Å². The summed E-state index contributed by atoms with van der Waals surface area (Å²) in [5.41, 5.74) is 0. The Labute approximate surface area is 120 Å². The number of rotatable bonds is 5. The van der Waals surface area contributed by atoms with Crippen LogP contribution in [0.4, 0.5) is 5.13 Å². The van der Waals surface area contributed by atoms with Crippen LogP contribution in [0.3, 0.4) is 0 Å². The highest BCUT2D eigenvalue weighted by molar-refractivity contribution is 7.09. The molecule has 0 atom stereocenters. The molecule has 1 fully saturated rings. The lowest BCUT2D eigenvalue weighted by atomic mass is 9.86. The second-order valence-corrected chi connectivity index (χ2v) is 6.79. The first kappa shape index (κ1) is 14.7. The zero-order valence-corrected chi connectivity index (χ0v) is 13.0. The Bertz CT molecular complexity index is 386. The Balaban J connectivity index is 1.92. The molecule has 0 unspecified atom stereocenters. The lowest BCUT2D eigenvalue weighted by Crippen LogP contribution is -2.35. The number of aliphatic hydroxyl groups is 1. The number of hydrogen-bond donors (Lipinski definition) is 1. The van der Waals surface area contributed by atoms with Crippen molar-refractivity contribution in [2.75, 3.05) is 18.6 Å². The van der Waals surface area contributed by atoms with Crippen LogP contribution in [0.15, 0.2) is 0 Å². The predicted molar refractivity (Wildman–Crippen MR) is 79.7 cm³/mol. The molecule has 1 heterocycles. The number of nitrogens with zero attached hydrogens (tertiary/aromatic N) is 3. The standard InChI is InChI=1S/C14H25N3OS/c1-10(2)8-13-15-14(19-16-13)17(3)12-6-4-11(9-18)5-7-12/h10-12,18H,4-9H2,1-3H3. The topological polar surface area (TPSA) is 49.2 Å². The van der Waals surface area contributed by atoms with Gasteiger partial charge in [-0.2, -0.15) is 4.37 Å². The van der Waals surface area contributed by atoms with Gasteiger partial charge in [-0.15, -0.1) is 0 Å². The molecule has 0 amide bonds. The van der Waals surface area contributed by atoms with Crippen LogP contribution in [0.1, 0.15) is 45.4 Å². The third kappa shape index (κ3) is 3.89. The van der Waals surface area contributed by atoms with E-state index in [0.717, 1.165) is 43.1 Å². The Morgan fingerprint density at radius 3 is 2.58 bits per heavy atom. The second kappa shape index (κ2) is 6.66. The van der Waals surface area contributed by atoms with Crippen molar-refractivity contribution in [1.82, 2.24) is 9.36 Å². The van der Waals surface area contributed by atoms with Gasteiger partial charge in [-0.25, -0.2) is 4.98 Å². The van der Waals surface area contributed by atoms with Crippen molar-refractivity contribution in [2.45, 2.75) is 52.0 Å². The first-order valence-electron chi connectivity index (χ1n) is 7.26. The fourth-order valence-corrected chi connectivity index (χ4v) is 3.43. The number of aliphatic hydroxyl groups excluding tert-OH is 1. The maximum absolute atomic E-state index is 9.19. The average molecular weight is 283 g/mol. The SMILES string of the molecule is CC(C)Cc1nsc(N(C)C2CCC(CO)CC2)n1. The largest absolute Gasteiger partial charge is 0.396 e. The molecule has 2 rings (SSSR count). The minimum Gasteiger partial charge on any atom is -0.396 e. The summed E-state index contributed by atoms with van der Waals surface area (Å²) in [6, 6.07) is 0.558. The molecule has 1 aromatic rings. The normalized spacial score (nSPS) is 23.8. The Morgan fingerprint density at radius 1 is 1.32 bits per heavy atom. The first-order chi connectivity index (χ1) is 9.10. The van der Waals surface area contributed by atoms with Crippen LogP contribution < -0.4 is 4.90 Å². The zero-order valence-electron chi connectivity index (χ0n) is 12.2. The maximum atomic E-state index is 9.19. The lowest BCUT2D eigenvalue weighted by Gasteiger charge is -2.33. The summed E-state index contributed by atoms with van der Waals surface area (Å²) < 4.78 is 4.45. The third-order valence-corrected chi connectivity index (χ3v) is 4.82. The van der Waals surface area contributed by atoms with Crippen molar-refractivity contribution in [3.63, 3.8) is 0 Å². The van der Waals surface area contributed by atoms with E-state index < -0.39 is 0 Å². The predicted octanol–water partition coefficient (Wildman–Crippen LogP) is 2.72. The summed E-state index contributed by atoms with van der Waals surface area (Å²) in [4.78, 5) is 6.94. The fourth-order valence-electron chi connectivity index (χ4n) is 2.71. The van der Waals surface area contributed by atoms with Crippen molar-refractivity contribution in [2.24, 2.45) is 11.8 Å². The molecule has 0 aliphatic heterocycles. The van der Waals surface area contributed by atoms with Crippen molar-refractivity contribution < 1.29 is 5.11 Å². The molecule has 1 aromatic heterocycles. The molecule has 108 valence electrons. The number of anilines is 1. The van der Waals surface area contributed by atoms with E-state index in [0.29, 0.717) is 24.5 Å². The molecular weight excluding hydrogens is 258 g/mol. The van der Waals surface area contributed by atoms with Crippen molar-refractivity contribution in [1.29, 1.82) is 0 Å². The van der Waals surface area contributed by atoms with Gasteiger partial charge in [0.15, 0.2) is 0 Å². The summed E-state index contributed by atoms with van der Waals surface area (Å²) in [5, 5.41) is 10.2. The van der Waals surface area contributed by atoms with E-state index in [9.17, 15) is 5.11 Å². The monoisotopic (exact) mass is 283 g/mol. The molecule has 0 spiro atoms. The highest BCUT2D eigenvalue weighted by Crippen LogP contribution is 2.30.